The molecular formula is C11H9ClOS. The lowest BCUT2D eigenvalue weighted by Crippen LogP contribution is -1.92. The molecule has 0 atom stereocenters. The van der Waals surface area contributed by atoms with Crippen LogP contribution in [0.4, 0.5) is 0 Å². The van der Waals surface area contributed by atoms with Gasteiger partial charge in [-0.3, -0.25) is 0 Å². The van der Waals surface area contributed by atoms with Crippen LogP contribution in [-0.4, -0.2) is 0 Å². The largest absolute Gasteiger partial charge is 0.489 e. The molecule has 0 aliphatic carbocycles. The van der Waals surface area contributed by atoms with E-state index in [2.05, 4.69) is 11.4 Å². The molecule has 14 heavy (non-hydrogen) atoms. The number of thiophene rings is 1. The van der Waals surface area contributed by atoms with Crippen molar-refractivity contribution in [2.24, 2.45) is 0 Å². The van der Waals surface area contributed by atoms with E-state index < -0.39 is 0 Å². The highest BCUT2D eigenvalue weighted by atomic mass is 35.5. The van der Waals surface area contributed by atoms with Gasteiger partial charge in [0, 0.05) is 5.02 Å². The van der Waals surface area contributed by atoms with Gasteiger partial charge in [-0.05, 0) is 40.6 Å². The molecule has 0 amide bonds. The minimum Gasteiger partial charge on any atom is -0.489 e. The predicted molar refractivity (Wildman–Crippen MR) is 60.1 cm³/mol. The summed E-state index contributed by atoms with van der Waals surface area (Å²) in [5, 5.41) is 4.81. The predicted octanol–water partition coefficient (Wildman–Crippen LogP) is 3.98. The second-order valence-electron chi connectivity index (χ2n) is 2.88. The number of ether oxygens (including phenoxy) is 1. The van der Waals surface area contributed by atoms with Crippen LogP contribution in [0.15, 0.2) is 41.1 Å². The molecule has 2 aromatic rings. The molecule has 3 heteroatoms. The molecule has 0 aliphatic heterocycles. The molecule has 0 N–H and O–H groups in total. The van der Waals surface area contributed by atoms with Crippen molar-refractivity contribution in [3.8, 4) is 5.75 Å². The van der Waals surface area contributed by atoms with Crippen LogP contribution in [0.1, 0.15) is 5.56 Å². The summed E-state index contributed by atoms with van der Waals surface area (Å²) in [4.78, 5) is 0. The molecule has 2 rings (SSSR count). The van der Waals surface area contributed by atoms with Crippen LogP contribution < -0.4 is 4.74 Å². The highest BCUT2D eigenvalue weighted by Gasteiger charge is 1.96. The first kappa shape index (κ1) is 9.56. The molecule has 0 unspecified atom stereocenters. The smallest absolute Gasteiger partial charge is 0.121 e. The third-order valence-corrected chi connectivity index (χ3v) is 2.75. The molecule has 1 nitrogen and oxygen atoms in total. The van der Waals surface area contributed by atoms with Gasteiger partial charge in [0.1, 0.15) is 12.4 Å². The zero-order valence-electron chi connectivity index (χ0n) is 7.44. The average molecular weight is 225 g/mol. The normalized spacial score (nSPS) is 10.1. The van der Waals surface area contributed by atoms with Gasteiger partial charge >= 0.3 is 0 Å². The van der Waals surface area contributed by atoms with E-state index in [1.807, 2.05) is 29.6 Å². The lowest BCUT2D eigenvalue weighted by molar-refractivity contribution is 0.307. The molecular weight excluding hydrogens is 216 g/mol. The number of halogens is 1. The molecule has 0 radical (unpaired) electrons. The van der Waals surface area contributed by atoms with Crippen LogP contribution in [-0.2, 0) is 6.61 Å². The summed E-state index contributed by atoms with van der Waals surface area (Å²) in [5.74, 6) is 0.809. The number of hydrogen-bond acceptors (Lipinski definition) is 2. The molecule has 72 valence electrons. The van der Waals surface area contributed by atoms with Gasteiger partial charge < -0.3 is 4.74 Å². The summed E-state index contributed by atoms with van der Waals surface area (Å²) in [6, 6.07) is 9.48. The van der Waals surface area contributed by atoms with Crippen molar-refractivity contribution in [3.05, 3.63) is 51.7 Å². The van der Waals surface area contributed by atoms with Gasteiger partial charge in [-0.15, -0.1) is 0 Å². The van der Waals surface area contributed by atoms with Crippen LogP contribution in [0.25, 0.3) is 0 Å². The van der Waals surface area contributed by atoms with Gasteiger partial charge in [0.15, 0.2) is 0 Å². The summed E-state index contributed by atoms with van der Waals surface area (Å²) < 4.78 is 5.55. The molecule has 0 spiro atoms. The Morgan fingerprint density at radius 1 is 1.29 bits per heavy atom. The van der Waals surface area contributed by atoms with E-state index in [4.69, 9.17) is 16.3 Å². The summed E-state index contributed by atoms with van der Waals surface area (Å²) in [7, 11) is 0. The van der Waals surface area contributed by atoms with Crippen LogP contribution >= 0.6 is 22.9 Å². The molecule has 0 aliphatic rings. The second kappa shape index (κ2) is 4.49. The summed E-state index contributed by atoms with van der Waals surface area (Å²) in [6.07, 6.45) is 0. The molecule has 1 heterocycles. The Labute approximate surface area is 91.9 Å². The van der Waals surface area contributed by atoms with Gasteiger partial charge in [-0.1, -0.05) is 17.7 Å². The molecule has 0 saturated carbocycles. The van der Waals surface area contributed by atoms with Gasteiger partial charge in [0.2, 0.25) is 0 Å². The van der Waals surface area contributed by atoms with Crippen molar-refractivity contribution in [2.75, 3.05) is 0 Å². The maximum atomic E-state index is 5.83. The van der Waals surface area contributed by atoms with E-state index in [1.54, 1.807) is 11.3 Å². The zero-order chi connectivity index (χ0) is 9.80. The fourth-order valence-electron chi connectivity index (χ4n) is 1.10. The van der Waals surface area contributed by atoms with E-state index in [9.17, 15) is 0 Å². The van der Waals surface area contributed by atoms with Crippen LogP contribution in [0.3, 0.4) is 0 Å². The first-order valence-corrected chi connectivity index (χ1v) is 5.56. The van der Waals surface area contributed by atoms with Crippen LogP contribution in [0, 0.1) is 0 Å². The first-order chi connectivity index (χ1) is 6.84. The molecule has 0 bridgehead atoms. The minimum absolute atomic E-state index is 0.601. The van der Waals surface area contributed by atoms with Crippen LogP contribution in [0.2, 0.25) is 5.02 Å². The quantitative estimate of drug-likeness (QED) is 0.766. The monoisotopic (exact) mass is 224 g/mol. The lowest BCUT2D eigenvalue weighted by atomic mass is 10.3. The maximum absolute atomic E-state index is 5.83. The Hall–Kier alpha value is -0.990. The SMILES string of the molecule is Clc1cccc(OCc2ccsc2)c1. The Morgan fingerprint density at radius 2 is 2.21 bits per heavy atom. The summed E-state index contributed by atoms with van der Waals surface area (Å²) in [6.45, 7) is 0.601. The molecule has 0 fully saturated rings. The van der Waals surface area contributed by atoms with Gasteiger partial charge in [0.05, 0.1) is 0 Å². The third kappa shape index (κ3) is 2.50. The zero-order valence-corrected chi connectivity index (χ0v) is 9.02. The molecule has 0 saturated heterocycles. The van der Waals surface area contributed by atoms with Crippen LogP contribution in [0.5, 0.6) is 5.75 Å². The van der Waals surface area contributed by atoms with Crippen molar-refractivity contribution in [3.63, 3.8) is 0 Å². The number of rotatable bonds is 3. The Morgan fingerprint density at radius 3 is 2.93 bits per heavy atom. The van der Waals surface area contributed by atoms with Crippen molar-refractivity contribution >= 4 is 22.9 Å². The highest BCUT2D eigenvalue weighted by Crippen LogP contribution is 2.18. The van der Waals surface area contributed by atoms with E-state index in [0.29, 0.717) is 11.6 Å². The minimum atomic E-state index is 0.601. The second-order valence-corrected chi connectivity index (χ2v) is 4.09. The lowest BCUT2D eigenvalue weighted by Gasteiger charge is -2.04. The Balaban J connectivity index is 1.98. The number of benzene rings is 1. The van der Waals surface area contributed by atoms with E-state index in [1.165, 1.54) is 5.56 Å². The van der Waals surface area contributed by atoms with Crippen molar-refractivity contribution in [2.45, 2.75) is 6.61 Å². The van der Waals surface area contributed by atoms with Gasteiger partial charge in [-0.25, -0.2) is 0 Å². The van der Waals surface area contributed by atoms with Crippen molar-refractivity contribution < 1.29 is 4.74 Å². The topological polar surface area (TPSA) is 9.23 Å². The first-order valence-electron chi connectivity index (χ1n) is 4.24. The Kier molecular flexibility index (Phi) is 3.07. The third-order valence-electron chi connectivity index (χ3n) is 1.78. The average Bonchev–Trinajstić information content (AvgIpc) is 2.67. The fraction of sp³-hybridized carbons (Fsp3) is 0.0909. The highest BCUT2D eigenvalue weighted by molar-refractivity contribution is 7.07. The maximum Gasteiger partial charge on any atom is 0.121 e. The summed E-state index contributed by atoms with van der Waals surface area (Å²) >= 11 is 7.50. The van der Waals surface area contributed by atoms with Gasteiger partial charge in [-0.2, -0.15) is 11.3 Å². The van der Waals surface area contributed by atoms with Crippen molar-refractivity contribution in [1.29, 1.82) is 0 Å². The Bertz CT molecular complexity index is 397. The van der Waals surface area contributed by atoms with E-state index in [-0.39, 0.29) is 0 Å². The van der Waals surface area contributed by atoms with E-state index >= 15 is 0 Å². The number of hydrogen-bond donors (Lipinski definition) is 0. The van der Waals surface area contributed by atoms with Gasteiger partial charge in [0.25, 0.3) is 0 Å². The summed E-state index contributed by atoms with van der Waals surface area (Å²) in [5.41, 5.74) is 1.19. The van der Waals surface area contributed by atoms with E-state index in [0.717, 1.165) is 5.75 Å². The standard InChI is InChI=1S/C11H9ClOS/c12-10-2-1-3-11(6-10)13-7-9-4-5-14-8-9/h1-6,8H,7H2. The van der Waals surface area contributed by atoms with Crippen molar-refractivity contribution in [1.82, 2.24) is 0 Å². The fourth-order valence-corrected chi connectivity index (χ4v) is 1.93. The molecule has 1 aromatic heterocycles. The molecule has 1 aromatic carbocycles.